The number of methoxy groups -OCH3 is 1. The molecule has 7 heteroatoms. The molecule has 0 aromatic heterocycles. The van der Waals surface area contributed by atoms with Gasteiger partial charge in [0, 0.05) is 31.5 Å². The number of benzene rings is 1. The molecule has 0 aliphatic carbocycles. The zero-order valence-corrected chi connectivity index (χ0v) is 12.5. The summed E-state index contributed by atoms with van der Waals surface area (Å²) in [6.45, 7) is 1.67. The Bertz CT molecular complexity index is 585. The molecule has 0 spiro atoms. The Labute approximate surface area is 128 Å². The Morgan fingerprint density at radius 1 is 1.52 bits per heavy atom. The van der Waals surface area contributed by atoms with E-state index in [9.17, 15) is 4.79 Å². The highest BCUT2D eigenvalue weighted by Gasteiger charge is 2.29. The van der Waals surface area contributed by atoms with Crippen molar-refractivity contribution in [1.29, 1.82) is 5.26 Å². The fourth-order valence-electron chi connectivity index (χ4n) is 2.28. The minimum atomic E-state index is -0.682. The molecule has 112 valence electrons. The maximum Gasteiger partial charge on any atom is 0.245 e. The van der Waals surface area contributed by atoms with Crippen molar-refractivity contribution in [3.05, 3.63) is 22.7 Å². The second-order valence-corrected chi connectivity index (χ2v) is 5.15. The number of nitrogens with zero attached hydrogens (tertiary/aromatic N) is 2. The molecule has 0 saturated heterocycles. The summed E-state index contributed by atoms with van der Waals surface area (Å²) < 4.78 is 5.08. The predicted molar refractivity (Wildman–Crippen MR) is 81.3 cm³/mol. The molecule has 1 aromatic rings. The molecule has 1 heterocycles. The lowest BCUT2D eigenvalue weighted by atomic mass is 10.1. The van der Waals surface area contributed by atoms with Gasteiger partial charge in [0.25, 0.3) is 0 Å². The van der Waals surface area contributed by atoms with E-state index in [1.807, 2.05) is 4.90 Å². The number of rotatable bonds is 6. The quantitative estimate of drug-likeness (QED) is 0.834. The molecule has 0 radical (unpaired) electrons. The molecule has 0 saturated carbocycles. The molecule has 0 bridgehead atoms. The third-order valence-corrected chi connectivity index (χ3v) is 3.70. The van der Waals surface area contributed by atoms with Crippen molar-refractivity contribution in [2.45, 2.75) is 12.5 Å². The number of nitriles is 1. The van der Waals surface area contributed by atoms with Crippen LogP contribution in [0, 0.1) is 11.3 Å². The number of hydrogen-bond donors (Lipinski definition) is 2. The van der Waals surface area contributed by atoms with Gasteiger partial charge >= 0.3 is 0 Å². The molecule has 1 amide bonds. The van der Waals surface area contributed by atoms with Gasteiger partial charge in [0.2, 0.25) is 5.91 Å². The van der Waals surface area contributed by atoms with Gasteiger partial charge in [-0.15, -0.1) is 0 Å². The Balaban J connectivity index is 2.31. The largest absolute Gasteiger partial charge is 0.383 e. The van der Waals surface area contributed by atoms with E-state index >= 15 is 0 Å². The van der Waals surface area contributed by atoms with E-state index in [2.05, 4.69) is 11.4 Å². The van der Waals surface area contributed by atoms with E-state index in [1.165, 1.54) is 0 Å². The lowest BCUT2D eigenvalue weighted by molar-refractivity contribution is -0.116. The van der Waals surface area contributed by atoms with Crippen LogP contribution in [0.2, 0.25) is 5.02 Å². The molecule has 2 rings (SSSR count). The maximum atomic E-state index is 11.6. The molecule has 1 aliphatic heterocycles. The van der Waals surface area contributed by atoms with Crippen molar-refractivity contribution in [2.75, 3.05) is 37.0 Å². The molecule has 1 atom stereocenters. The fourth-order valence-corrected chi connectivity index (χ4v) is 2.57. The van der Waals surface area contributed by atoms with E-state index in [0.717, 1.165) is 5.69 Å². The van der Waals surface area contributed by atoms with Crippen LogP contribution in [0.15, 0.2) is 12.1 Å². The van der Waals surface area contributed by atoms with Crippen LogP contribution in [-0.4, -0.2) is 32.7 Å². The number of fused-ring (bicyclic) bond motifs is 1. The molecular weight excluding hydrogens is 292 g/mol. The second-order valence-electron chi connectivity index (χ2n) is 4.75. The minimum Gasteiger partial charge on any atom is -0.383 e. The Kier molecular flexibility index (Phi) is 5.02. The molecule has 3 N–H and O–H groups in total. The van der Waals surface area contributed by atoms with Crippen LogP contribution in [0.4, 0.5) is 11.4 Å². The number of carbonyl (C=O) groups is 1. The van der Waals surface area contributed by atoms with Crippen molar-refractivity contribution >= 4 is 28.9 Å². The smallest absolute Gasteiger partial charge is 0.245 e. The average molecular weight is 309 g/mol. The first-order valence-electron chi connectivity index (χ1n) is 6.59. The fraction of sp³-hybridized carbons (Fsp3) is 0.429. The molecule has 1 aliphatic rings. The first kappa shape index (κ1) is 15.6. The van der Waals surface area contributed by atoms with Gasteiger partial charge < -0.3 is 20.7 Å². The van der Waals surface area contributed by atoms with Crippen LogP contribution < -0.4 is 16.0 Å². The number of carbonyl (C=O) groups excluding carboxylic acids is 1. The molecule has 1 aromatic carbocycles. The third kappa shape index (κ3) is 3.27. The summed E-state index contributed by atoms with van der Waals surface area (Å²) in [4.78, 5) is 13.6. The van der Waals surface area contributed by atoms with Gasteiger partial charge in [-0.05, 0) is 12.1 Å². The van der Waals surface area contributed by atoms with Gasteiger partial charge in [-0.1, -0.05) is 11.6 Å². The first-order chi connectivity index (χ1) is 10.1. The number of ether oxygens (including phenoxy) is 1. The van der Waals surface area contributed by atoms with E-state index in [0.29, 0.717) is 42.4 Å². The van der Waals surface area contributed by atoms with Gasteiger partial charge in [0.1, 0.15) is 6.04 Å². The van der Waals surface area contributed by atoms with Gasteiger partial charge in [0.15, 0.2) is 0 Å². The minimum absolute atomic E-state index is 0.237. The number of amides is 1. The summed E-state index contributed by atoms with van der Waals surface area (Å²) in [6.07, 6.45) is 0.378. The predicted octanol–water partition coefficient (Wildman–Crippen LogP) is 1.66. The monoisotopic (exact) mass is 308 g/mol. The topological polar surface area (TPSA) is 91.4 Å². The summed E-state index contributed by atoms with van der Waals surface area (Å²) in [5, 5.41) is 12.0. The van der Waals surface area contributed by atoms with Gasteiger partial charge in [-0.3, -0.25) is 4.79 Å². The van der Waals surface area contributed by atoms with Crippen LogP contribution in [-0.2, 0) is 9.53 Å². The highest BCUT2D eigenvalue weighted by molar-refractivity contribution is 6.33. The van der Waals surface area contributed by atoms with Gasteiger partial charge in [-0.2, -0.15) is 5.26 Å². The molecule has 21 heavy (non-hydrogen) atoms. The van der Waals surface area contributed by atoms with Gasteiger partial charge in [-0.25, -0.2) is 0 Å². The standard InChI is InChI=1S/C14H17ClN4O2/c1-21-6-5-19(4-2-3-16)12-8-11-9(7-10(12)15)13(17)14(20)18-11/h7-8,13H,2,4-6,17H2,1H3,(H,18,20). The van der Waals surface area contributed by atoms with Crippen molar-refractivity contribution in [3.8, 4) is 6.07 Å². The Morgan fingerprint density at radius 2 is 2.29 bits per heavy atom. The summed E-state index contributed by atoms with van der Waals surface area (Å²) >= 11 is 6.31. The third-order valence-electron chi connectivity index (χ3n) is 3.39. The van der Waals surface area contributed by atoms with E-state index in [4.69, 9.17) is 27.3 Å². The number of halogens is 1. The normalized spacial score (nSPS) is 16.3. The van der Waals surface area contributed by atoms with Crippen molar-refractivity contribution in [3.63, 3.8) is 0 Å². The van der Waals surface area contributed by atoms with Crippen LogP contribution in [0.1, 0.15) is 18.0 Å². The number of nitrogens with two attached hydrogens (primary N) is 1. The molecule has 0 fully saturated rings. The Hall–Kier alpha value is -1.81. The van der Waals surface area contributed by atoms with E-state index in [-0.39, 0.29) is 5.91 Å². The Morgan fingerprint density at radius 3 is 2.95 bits per heavy atom. The number of anilines is 2. The summed E-state index contributed by atoms with van der Waals surface area (Å²) in [6, 6.07) is 4.94. The van der Waals surface area contributed by atoms with E-state index in [1.54, 1.807) is 19.2 Å². The van der Waals surface area contributed by atoms with E-state index < -0.39 is 6.04 Å². The molecular formula is C14H17ClN4O2. The summed E-state index contributed by atoms with van der Waals surface area (Å²) in [7, 11) is 1.62. The highest BCUT2D eigenvalue weighted by Crippen LogP contribution is 2.38. The number of nitrogens with one attached hydrogen (secondary N) is 1. The van der Waals surface area contributed by atoms with Crippen molar-refractivity contribution in [1.82, 2.24) is 0 Å². The second kappa shape index (κ2) is 6.76. The zero-order valence-electron chi connectivity index (χ0n) is 11.7. The number of hydrogen-bond acceptors (Lipinski definition) is 5. The van der Waals surface area contributed by atoms with Crippen molar-refractivity contribution in [2.24, 2.45) is 5.73 Å². The molecule has 6 nitrogen and oxygen atoms in total. The van der Waals surface area contributed by atoms with Crippen molar-refractivity contribution < 1.29 is 9.53 Å². The highest BCUT2D eigenvalue weighted by atomic mass is 35.5. The SMILES string of the molecule is COCCN(CCC#N)c1cc2c(cc1Cl)C(N)C(=O)N2. The molecule has 1 unspecified atom stereocenters. The average Bonchev–Trinajstić information content (AvgIpc) is 2.74. The summed E-state index contributed by atoms with van der Waals surface area (Å²) in [5.41, 5.74) is 7.93. The lowest BCUT2D eigenvalue weighted by Crippen LogP contribution is -2.28. The van der Waals surface area contributed by atoms with Crippen LogP contribution in [0.5, 0.6) is 0 Å². The maximum absolute atomic E-state index is 11.6. The van der Waals surface area contributed by atoms with Crippen LogP contribution >= 0.6 is 11.6 Å². The van der Waals surface area contributed by atoms with Crippen LogP contribution in [0.25, 0.3) is 0 Å². The zero-order chi connectivity index (χ0) is 15.4. The van der Waals surface area contributed by atoms with Crippen LogP contribution in [0.3, 0.4) is 0 Å². The van der Waals surface area contributed by atoms with Gasteiger partial charge in [0.05, 0.1) is 29.8 Å². The first-order valence-corrected chi connectivity index (χ1v) is 6.97. The summed E-state index contributed by atoms with van der Waals surface area (Å²) in [5.74, 6) is -0.237. The lowest BCUT2D eigenvalue weighted by Gasteiger charge is -2.25.